The molecule has 1 unspecified atom stereocenters. The van der Waals surface area contributed by atoms with Crippen LogP contribution in [0.4, 0.5) is 0 Å². The van der Waals surface area contributed by atoms with Crippen molar-refractivity contribution in [3.05, 3.63) is 0 Å². The standard InChI is InChI=1S/C11H24N2O/c1-4-7-13-8-10(9-14)12-6-5-11(13,2)3/h10,12,14H,4-9H2,1-3H3. The summed E-state index contributed by atoms with van der Waals surface area (Å²) < 4.78 is 0. The molecule has 1 fully saturated rings. The molecule has 0 aliphatic carbocycles. The van der Waals surface area contributed by atoms with Crippen LogP contribution in [0.25, 0.3) is 0 Å². The summed E-state index contributed by atoms with van der Waals surface area (Å²) in [4.78, 5) is 2.49. The number of nitrogens with one attached hydrogen (secondary N) is 1. The molecule has 1 atom stereocenters. The minimum Gasteiger partial charge on any atom is -0.395 e. The first-order chi connectivity index (χ1) is 6.60. The predicted molar refractivity (Wildman–Crippen MR) is 59.4 cm³/mol. The highest BCUT2D eigenvalue weighted by molar-refractivity contribution is 4.88. The van der Waals surface area contributed by atoms with E-state index in [0.717, 1.165) is 26.1 Å². The molecule has 0 radical (unpaired) electrons. The summed E-state index contributed by atoms with van der Waals surface area (Å²) in [5.74, 6) is 0. The molecule has 0 aromatic heterocycles. The summed E-state index contributed by atoms with van der Waals surface area (Å²) in [5, 5.41) is 12.6. The maximum absolute atomic E-state index is 9.18. The zero-order chi connectivity index (χ0) is 10.6. The van der Waals surface area contributed by atoms with E-state index in [0.29, 0.717) is 0 Å². The summed E-state index contributed by atoms with van der Waals surface area (Å²) in [6.45, 7) is 10.2. The first-order valence-electron chi connectivity index (χ1n) is 5.69. The third kappa shape index (κ3) is 2.94. The number of nitrogens with zero attached hydrogens (tertiary/aromatic N) is 1. The fourth-order valence-corrected chi connectivity index (χ4v) is 2.10. The molecule has 1 saturated heterocycles. The fourth-order valence-electron chi connectivity index (χ4n) is 2.10. The van der Waals surface area contributed by atoms with Crippen LogP contribution in [0.5, 0.6) is 0 Å². The molecule has 0 aromatic rings. The minimum atomic E-state index is 0.246. The number of rotatable bonds is 3. The van der Waals surface area contributed by atoms with Gasteiger partial charge in [-0.3, -0.25) is 4.90 Å². The maximum atomic E-state index is 9.18. The van der Waals surface area contributed by atoms with Crippen molar-refractivity contribution in [3.63, 3.8) is 0 Å². The Morgan fingerprint density at radius 3 is 2.79 bits per heavy atom. The van der Waals surface area contributed by atoms with Crippen molar-refractivity contribution in [1.82, 2.24) is 10.2 Å². The van der Waals surface area contributed by atoms with E-state index in [9.17, 15) is 5.11 Å². The van der Waals surface area contributed by atoms with E-state index in [2.05, 4.69) is 31.0 Å². The molecule has 0 amide bonds. The predicted octanol–water partition coefficient (Wildman–Crippen LogP) is 0.831. The van der Waals surface area contributed by atoms with Crippen molar-refractivity contribution >= 4 is 0 Å². The average Bonchev–Trinajstić information content (AvgIpc) is 2.27. The van der Waals surface area contributed by atoms with Gasteiger partial charge in [0.25, 0.3) is 0 Å². The third-order valence-corrected chi connectivity index (χ3v) is 3.18. The van der Waals surface area contributed by atoms with Crippen LogP contribution in [0, 0.1) is 0 Å². The Bertz CT molecular complexity index is 171. The lowest BCUT2D eigenvalue weighted by Crippen LogP contribution is -2.47. The summed E-state index contributed by atoms with van der Waals surface area (Å²) in [6.07, 6.45) is 2.34. The molecule has 0 bridgehead atoms. The van der Waals surface area contributed by atoms with Crippen molar-refractivity contribution in [3.8, 4) is 0 Å². The summed E-state index contributed by atoms with van der Waals surface area (Å²) in [5.41, 5.74) is 0.271. The Balaban J connectivity index is 2.62. The van der Waals surface area contributed by atoms with Crippen LogP contribution < -0.4 is 5.32 Å². The summed E-state index contributed by atoms with van der Waals surface area (Å²) >= 11 is 0. The van der Waals surface area contributed by atoms with Crippen LogP contribution in [0.3, 0.4) is 0 Å². The fraction of sp³-hybridized carbons (Fsp3) is 1.00. The van der Waals surface area contributed by atoms with Crippen molar-refractivity contribution in [2.75, 3.05) is 26.2 Å². The monoisotopic (exact) mass is 200 g/mol. The van der Waals surface area contributed by atoms with Crippen LogP contribution in [-0.2, 0) is 0 Å². The van der Waals surface area contributed by atoms with E-state index in [1.807, 2.05) is 0 Å². The van der Waals surface area contributed by atoms with Crippen molar-refractivity contribution < 1.29 is 5.11 Å². The van der Waals surface area contributed by atoms with Crippen molar-refractivity contribution in [2.45, 2.75) is 45.2 Å². The largest absolute Gasteiger partial charge is 0.395 e. The average molecular weight is 200 g/mol. The van der Waals surface area contributed by atoms with Crippen LogP contribution in [0.2, 0.25) is 0 Å². The zero-order valence-electron chi connectivity index (χ0n) is 9.71. The first kappa shape index (κ1) is 12.0. The Morgan fingerprint density at radius 1 is 1.50 bits per heavy atom. The SMILES string of the molecule is CCCN1CC(CO)NCCC1(C)C. The van der Waals surface area contributed by atoms with Gasteiger partial charge in [-0.2, -0.15) is 0 Å². The highest BCUT2D eigenvalue weighted by Gasteiger charge is 2.30. The smallest absolute Gasteiger partial charge is 0.0597 e. The van der Waals surface area contributed by atoms with Gasteiger partial charge in [0, 0.05) is 18.1 Å². The lowest BCUT2D eigenvalue weighted by Gasteiger charge is -2.37. The van der Waals surface area contributed by atoms with Gasteiger partial charge in [-0.1, -0.05) is 6.92 Å². The van der Waals surface area contributed by atoms with E-state index in [4.69, 9.17) is 0 Å². The molecule has 3 heteroatoms. The first-order valence-corrected chi connectivity index (χ1v) is 5.69. The molecule has 1 aliphatic rings. The lowest BCUT2D eigenvalue weighted by atomic mass is 9.98. The normalized spacial score (nSPS) is 28.7. The van der Waals surface area contributed by atoms with E-state index in [1.54, 1.807) is 0 Å². The third-order valence-electron chi connectivity index (χ3n) is 3.18. The van der Waals surface area contributed by atoms with Gasteiger partial charge in [0.1, 0.15) is 0 Å². The molecular formula is C11H24N2O. The van der Waals surface area contributed by atoms with Gasteiger partial charge in [-0.25, -0.2) is 0 Å². The molecule has 0 saturated carbocycles. The minimum absolute atomic E-state index is 0.246. The molecule has 0 aromatic carbocycles. The number of hydrogen-bond acceptors (Lipinski definition) is 3. The molecule has 2 N–H and O–H groups in total. The topological polar surface area (TPSA) is 35.5 Å². The second kappa shape index (κ2) is 5.10. The summed E-state index contributed by atoms with van der Waals surface area (Å²) in [6, 6.07) is 0.253. The number of aliphatic hydroxyl groups is 1. The van der Waals surface area contributed by atoms with Gasteiger partial charge in [0.15, 0.2) is 0 Å². The van der Waals surface area contributed by atoms with Gasteiger partial charge < -0.3 is 10.4 Å². The number of hydrogen-bond donors (Lipinski definition) is 2. The summed E-state index contributed by atoms with van der Waals surface area (Å²) in [7, 11) is 0. The highest BCUT2D eigenvalue weighted by atomic mass is 16.3. The highest BCUT2D eigenvalue weighted by Crippen LogP contribution is 2.21. The number of aliphatic hydroxyl groups excluding tert-OH is 1. The van der Waals surface area contributed by atoms with E-state index in [-0.39, 0.29) is 18.2 Å². The Hall–Kier alpha value is -0.120. The van der Waals surface area contributed by atoms with Crippen molar-refractivity contribution in [1.29, 1.82) is 0 Å². The molecular weight excluding hydrogens is 176 g/mol. The van der Waals surface area contributed by atoms with E-state index < -0.39 is 0 Å². The molecule has 14 heavy (non-hydrogen) atoms. The van der Waals surface area contributed by atoms with Crippen molar-refractivity contribution in [2.24, 2.45) is 0 Å². The van der Waals surface area contributed by atoms with Gasteiger partial charge in [-0.15, -0.1) is 0 Å². The quantitative estimate of drug-likeness (QED) is 0.708. The second-order valence-electron chi connectivity index (χ2n) is 4.84. The van der Waals surface area contributed by atoms with Crippen LogP contribution in [0.15, 0.2) is 0 Å². The van der Waals surface area contributed by atoms with Crippen LogP contribution >= 0.6 is 0 Å². The Kier molecular flexibility index (Phi) is 4.35. The molecule has 1 heterocycles. The van der Waals surface area contributed by atoms with Gasteiger partial charge in [-0.05, 0) is 39.8 Å². The van der Waals surface area contributed by atoms with Gasteiger partial charge in [0.05, 0.1) is 6.61 Å². The molecule has 84 valence electrons. The lowest BCUT2D eigenvalue weighted by molar-refractivity contribution is 0.108. The zero-order valence-corrected chi connectivity index (χ0v) is 9.71. The second-order valence-corrected chi connectivity index (χ2v) is 4.84. The Labute approximate surface area is 87.5 Å². The van der Waals surface area contributed by atoms with Crippen LogP contribution in [0.1, 0.15) is 33.6 Å². The Morgan fingerprint density at radius 2 is 2.21 bits per heavy atom. The van der Waals surface area contributed by atoms with Gasteiger partial charge in [0.2, 0.25) is 0 Å². The van der Waals surface area contributed by atoms with E-state index in [1.165, 1.54) is 6.42 Å². The molecule has 1 rings (SSSR count). The molecule has 0 spiro atoms. The van der Waals surface area contributed by atoms with Crippen LogP contribution in [-0.4, -0.2) is 47.8 Å². The van der Waals surface area contributed by atoms with Gasteiger partial charge >= 0.3 is 0 Å². The maximum Gasteiger partial charge on any atom is 0.0597 e. The molecule has 3 nitrogen and oxygen atoms in total. The van der Waals surface area contributed by atoms with E-state index >= 15 is 0 Å². The molecule has 1 aliphatic heterocycles.